The average molecular weight is 289 g/mol. The standard InChI is InChI=1S/C16H23N3O2/c1-16(2)8-12(5-6-21-16)15(20)19-13-9-17-14(18-10-13)7-11-3-4-11/h9-12H,3-8H2,1-2H3,(H,19,20). The van der Waals surface area contributed by atoms with Gasteiger partial charge in [0.2, 0.25) is 5.91 Å². The van der Waals surface area contributed by atoms with Gasteiger partial charge in [0.25, 0.3) is 0 Å². The van der Waals surface area contributed by atoms with Gasteiger partial charge in [-0.15, -0.1) is 0 Å². The largest absolute Gasteiger partial charge is 0.376 e. The zero-order chi connectivity index (χ0) is 14.9. The molecule has 2 aliphatic rings. The zero-order valence-electron chi connectivity index (χ0n) is 12.8. The molecule has 0 aromatic carbocycles. The third kappa shape index (κ3) is 4.00. The van der Waals surface area contributed by atoms with E-state index < -0.39 is 0 Å². The lowest BCUT2D eigenvalue weighted by Gasteiger charge is -2.34. The maximum absolute atomic E-state index is 12.3. The highest BCUT2D eigenvalue weighted by atomic mass is 16.5. The first-order chi connectivity index (χ1) is 10.0. The van der Waals surface area contributed by atoms with Crippen LogP contribution in [-0.4, -0.2) is 28.1 Å². The molecule has 0 radical (unpaired) electrons. The van der Waals surface area contributed by atoms with Gasteiger partial charge in [-0.2, -0.15) is 0 Å². The predicted molar refractivity (Wildman–Crippen MR) is 79.8 cm³/mol. The van der Waals surface area contributed by atoms with Crippen LogP contribution in [0.5, 0.6) is 0 Å². The molecule has 1 aromatic rings. The summed E-state index contributed by atoms with van der Waals surface area (Å²) in [6, 6.07) is 0. The minimum absolute atomic E-state index is 0.000101. The number of anilines is 1. The molecule has 0 spiro atoms. The van der Waals surface area contributed by atoms with E-state index in [2.05, 4.69) is 15.3 Å². The van der Waals surface area contributed by atoms with Crippen LogP contribution >= 0.6 is 0 Å². The van der Waals surface area contributed by atoms with Gasteiger partial charge in [-0.3, -0.25) is 4.79 Å². The highest BCUT2D eigenvalue weighted by Gasteiger charge is 2.32. The summed E-state index contributed by atoms with van der Waals surface area (Å²) in [5.41, 5.74) is 0.467. The van der Waals surface area contributed by atoms with Crippen molar-refractivity contribution in [3.63, 3.8) is 0 Å². The number of hydrogen-bond donors (Lipinski definition) is 1. The fourth-order valence-electron chi connectivity index (χ4n) is 2.80. The summed E-state index contributed by atoms with van der Waals surface area (Å²) in [6.45, 7) is 4.70. The van der Waals surface area contributed by atoms with Crippen molar-refractivity contribution < 1.29 is 9.53 Å². The summed E-state index contributed by atoms with van der Waals surface area (Å²) in [4.78, 5) is 21.0. The summed E-state index contributed by atoms with van der Waals surface area (Å²) < 4.78 is 5.65. The van der Waals surface area contributed by atoms with Gasteiger partial charge < -0.3 is 10.1 Å². The van der Waals surface area contributed by atoms with Gasteiger partial charge in [0, 0.05) is 18.9 Å². The number of rotatable bonds is 4. The predicted octanol–water partition coefficient (Wildman–Crippen LogP) is 2.57. The third-order valence-corrected chi connectivity index (χ3v) is 4.21. The molecule has 1 saturated carbocycles. The van der Waals surface area contributed by atoms with Crippen LogP contribution in [-0.2, 0) is 16.0 Å². The van der Waals surface area contributed by atoms with Crippen LogP contribution in [0.4, 0.5) is 5.69 Å². The Morgan fingerprint density at radius 1 is 1.33 bits per heavy atom. The Kier molecular flexibility index (Phi) is 3.93. The Hall–Kier alpha value is -1.49. The monoisotopic (exact) mass is 289 g/mol. The number of nitrogens with zero attached hydrogens (tertiary/aromatic N) is 2. The van der Waals surface area contributed by atoms with Crippen molar-refractivity contribution in [2.75, 3.05) is 11.9 Å². The topological polar surface area (TPSA) is 64.1 Å². The van der Waals surface area contributed by atoms with Crippen molar-refractivity contribution in [3.05, 3.63) is 18.2 Å². The van der Waals surface area contributed by atoms with Crippen molar-refractivity contribution in [2.45, 2.75) is 51.6 Å². The van der Waals surface area contributed by atoms with E-state index in [0.29, 0.717) is 12.3 Å². The molecule has 1 atom stereocenters. The van der Waals surface area contributed by atoms with Gasteiger partial charge in [-0.1, -0.05) is 0 Å². The van der Waals surface area contributed by atoms with Gasteiger partial charge in [0.1, 0.15) is 5.82 Å². The number of amides is 1. The molecule has 114 valence electrons. The number of ether oxygens (including phenoxy) is 1. The highest BCUT2D eigenvalue weighted by molar-refractivity contribution is 5.92. The SMILES string of the molecule is CC1(C)CC(C(=O)Nc2cnc(CC3CC3)nc2)CCO1. The van der Waals surface area contributed by atoms with E-state index >= 15 is 0 Å². The first kappa shape index (κ1) is 14.4. The lowest BCUT2D eigenvalue weighted by atomic mass is 9.88. The summed E-state index contributed by atoms with van der Waals surface area (Å²) in [5, 5.41) is 2.93. The molecular formula is C16H23N3O2. The van der Waals surface area contributed by atoms with Crippen LogP contribution in [0.3, 0.4) is 0 Å². The third-order valence-electron chi connectivity index (χ3n) is 4.21. The van der Waals surface area contributed by atoms with Crippen LogP contribution in [0, 0.1) is 11.8 Å². The first-order valence-electron chi connectivity index (χ1n) is 7.77. The molecule has 1 saturated heterocycles. The molecule has 2 heterocycles. The summed E-state index contributed by atoms with van der Waals surface area (Å²) in [6.07, 6.45) is 8.50. The number of carbonyl (C=O) groups is 1. The van der Waals surface area contributed by atoms with E-state index in [4.69, 9.17) is 4.74 Å². The zero-order valence-corrected chi connectivity index (χ0v) is 12.8. The Morgan fingerprint density at radius 3 is 2.67 bits per heavy atom. The minimum Gasteiger partial charge on any atom is -0.376 e. The molecule has 1 unspecified atom stereocenters. The number of carbonyl (C=O) groups excluding carboxylic acids is 1. The molecule has 1 amide bonds. The lowest BCUT2D eigenvalue weighted by molar-refractivity contribution is -0.130. The first-order valence-corrected chi connectivity index (χ1v) is 7.77. The highest BCUT2D eigenvalue weighted by Crippen LogP contribution is 2.32. The summed E-state index contributed by atoms with van der Waals surface area (Å²) >= 11 is 0. The van der Waals surface area contributed by atoms with E-state index in [1.54, 1.807) is 12.4 Å². The second-order valence-corrected chi connectivity index (χ2v) is 6.82. The molecule has 0 bridgehead atoms. The number of hydrogen-bond acceptors (Lipinski definition) is 4. The van der Waals surface area contributed by atoms with Crippen LogP contribution in [0.25, 0.3) is 0 Å². The van der Waals surface area contributed by atoms with Crippen molar-refractivity contribution in [2.24, 2.45) is 11.8 Å². The average Bonchev–Trinajstić information content (AvgIpc) is 3.24. The van der Waals surface area contributed by atoms with Crippen LogP contribution in [0.2, 0.25) is 0 Å². The van der Waals surface area contributed by atoms with E-state index in [1.165, 1.54) is 12.8 Å². The van der Waals surface area contributed by atoms with Crippen molar-refractivity contribution >= 4 is 11.6 Å². The fourth-order valence-corrected chi connectivity index (χ4v) is 2.80. The lowest BCUT2D eigenvalue weighted by Crippen LogP contribution is -2.39. The van der Waals surface area contributed by atoms with E-state index in [0.717, 1.165) is 31.0 Å². The second kappa shape index (κ2) is 5.72. The molecule has 1 aromatic heterocycles. The van der Waals surface area contributed by atoms with Gasteiger partial charge in [-0.05, 0) is 45.4 Å². The smallest absolute Gasteiger partial charge is 0.227 e. The van der Waals surface area contributed by atoms with E-state index in [1.807, 2.05) is 13.8 Å². The molecule has 5 heteroatoms. The van der Waals surface area contributed by atoms with E-state index in [-0.39, 0.29) is 17.4 Å². The summed E-state index contributed by atoms with van der Waals surface area (Å²) in [5.74, 6) is 1.70. The fraction of sp³-hybridized carbons (Fsp3) is 0.688. The van der Waals surface area contributed by atoms with Crippen LogP contribution in [0.1, 0.15) is 45.4 Å². The maximum atomic E-state index is 12.3. The van der Waals surface area contributed by atoms with Gasteiger partial charge in [0.15, 0.2) is 0 Å². The number of aromatic nitrogens is 2. The minimum atomic E-state index is -0.217. The van der Waals surface area contributed by atoms with Gasteiger partial charge in [0.05, 0.1) is 23.7 Å². The molecule has 1 N–H and O–H groups in total. The molecule has 1 aliphatic heterocycles. The van der Waals surface area contributed by atoms with Crippen LogP contribution in [0.15, 0.2) is 12.4 Å². The van der Waals surface area contributed by atoms with Crippen LogP contribution < -0.4 is 5.32 Å². The molecule has 21 heavy (non-hydrogen) atoms. The summed E-state index contributed by atoms with van der Waals surface area (Å²) in [7, 11) is 0. The number of nitrogens with one attached hydrogen (secondary N) is 1. The molecule has 2 fully saturated rings. The quantitative estimate of drug-likeness (QED) is 0.925. The van der Waals surface area contributed by atoms with Crippen molar-refractivity contribution in [3.8, 4) is 0 Å². The van der Waals surface area contributed by atoms with Gasteiger partial charge in [-0.25, -0.2) is 9.97 Å². The normalized spacial score (nSPS) is 24.6. The Labute approximate surface area is 125 Å². The van der Waals surface area contributed by atoms with Crippen molar-refractivity contribution in [1.82, 2.24) is 9.97 Å². The molecule has 3 rings (SSSR count). The molecule has 1 aliphatic carbocycles. The molecule has 5 nitrogen and oxygen atoms in total. The van der Waals surface area contributed by atoms with Gasteiger partial charge >= 0.3 is 0 Å². The second-order valence-electron chi connectivity index (χ2n) is 6.82. The Balaban J connectivity index is 1.56. The van der Waals surface area contributed by atoms with E-state index in [9.17, 15) is 4.79 Å². The Morgan fingerprint density at radius 2 is 2.05 bits per heavy atom. The maximum Gasteiger partial charge on any atom is 0.227 e. The molecular weight excluding hydrogens is 266 g/mol. The Bertz CT molecular complexity index is 509. The van der Waals surface area contributed by atoms with Crippen molar-refractivity contribution in [1.29, 1.82) is 0 Å².